The van der Waals surface area contributed by atoms with Gasteiger partial charge in [0.1, 0.15) is 12.4 Å². The van der Waals surface area contributed by atoms with Crippen LogP contribution in [0.4, 0.5) is 24.0 Å². The van der Waals surface area contributed by atoms with Crippen molar-refractivity contribution < 1.29 is 27.5 Å². The molecule has 28 heavy (non-hydrogen) atoms. The van der Waals surface area contributed by atoms with Crippen molar-refractivity contribution >= 4 is 34.0 Å². The van der Waals surface area contributed by atoms with Crippen molar-refractivity contribution in [3.8, 4) is 0 Å². The summed E-state index contributed by atoms with van der Waals surface area (Å²) in [4.78, 5) is 29.2. The lowest BCUT2D eigenvalue weighted by atomic mass is 10.2. The number of rotatable bonds is 5. The van der Waals surface area contributed by atoms with Gasteiger partial charge >= 0.3 is 5.97 Å². The van der Waals surface area contributed by atoms with E-state index in [2.05, 4.69) is 4.98 Å². The van der Waals surface area contributed by atoms with E-state index in [0.717, 1.165) is 34.4 Å². The number of nitrogens with zero attached hydrogens (tertiary/aromatic N) is 2. The van der Waals surface area contributed by atoms with Crippen LogP contribution in [0.1, 0.15) is 23.0 Å². The fraction of sp³-hybridized carbons (Fsp3) is 0.105. The average Bonchev–Trinajstić information content (AvgIpc) is 3.12. The zero-order valence-corrected chi connectivity index (χ0v) is 15.3. The third-order valence-corrected chi connectivity index (χ3v) is 4.52. The molecular formula is C19H13F3N2O3S. The molecule has 0 radical (unpaired) electrons. The van der Waals surface area contributed by atoms with E-state index >= 15 is 0 Å². The lowest BCUT2D eigenvalue weighted by Gasteiger charge is -2.18. The second-order valence-electron chi connectivity index (χ2n) is 5.63. The molecule has 0 bridgehead atoms. The lowest BCUT2D eigenvalue weighted by molar-refractivity contribution is -0.115. The van der Waals surface area contributed by atoms with E-state index in [-0.39, 0.29) is 23.0 Å². The van der Waals surface area contributed by atoms with E-state index in [1.54, 1.807) is 11.4 Å². The van der Waals surface area contributed by atoms with E-state index in [1.807, 2.05) is 0 Å². The summed E-state index contributed by atoms with van der Waals surface area (Å²) in [5, 5.41) is 1.75. The van der Waals surface area contributed by atoms with Crippen molar-refractivity contribution in [2.75, 3.05) is 4.90 Å². The molecule has 9 heteroatoms. The highest BCUT2D eigenvalue weighted by molar-refractivity contribution is 7.14. The highest BCUT2D eigenvalue weighted by Crippen LogP contribution is 2.30. The zero-order chi connectivity index (χ0) is 20.3. The van der Waals surface area contributed by atoms with Crippen LogP contribution in [0.2, 0.25) is 0 Å². The Labute approximate surface area is 162 Å². The maximum Gasteiger partial charge on any atom is 0.338 e. The summed E-state index contributed by atoms with van der Waals surface area (Å²) < 4.78 is 45.2. The number of para-hydroxylation sites is 1. The molecule has 2 aromatic carbocycles. The predicted molar refractivity (Wildman–Crippen MR) is 96.8 cm³/mol. The van der Waals surface area contributed by atoms with Crippen molar-refractivity contribution in [3.05, 3.63) is 76.6 Å². The van der Waals surface area contributed by atoms with Gasteiger partial charge in [0.15, 0.2) is 16.8 Å². The SMILES string of the molecule is CC(=O)N(c1nc(COC(=O)c2ccc(F)c(F)c2)cs1)c1ccccc1F. The molecule has 0 saturated carbocycles. The molecule has 0 aliphatic carbocycles. The van der Waals surface area contributed by atoms with Crippen LogP contribution in [0.25, 0.3) is 0 Å². The molecule has 0 fully saturated rings. The Morgan fingerprint density at radius 1 is 1.07 bits per heavy atom. The van der Waals surface area contributed by atoms with E-state index < -0.39 is 29.3 Å². The number of carbonyl (C=O) groups excluding carboxylic acids is 2. The minimum absolute atomic E-state index is 0.0506. The monoisotopic (exact) mass is 406 g/mol. The molecule has 0 atom stereocenters. The van der Waals surface area contributed by atoms with Gasteiger partial charge < -0.3 is 4.74 Å². The summed E-state index contributed by atoms with van der Waals surface area (Å²) in [6.07, 6.45) is 0. The van der Waals surface area contributed by atoms with Crippen LogP contribution in [0.3, 0.4) is 0 Å². The first kappa shape index (κ1) is 19.6. The number of thiazole rings is 1. The lowest BCUT2D eigenvalue weighted by Crippen LogP contribution is -2.23. The van der Waals surface area contributed by atoms with Crippen molar-refractivity contribution in [1.29, 1.82) is 0 Å². The number of anilines is 2. The second kappa shape index (κ2) is 8.22. The Balaban J connectivity index is 1.74. The van der Waals surface area contributed by atoms with Crippen LogP contribution in [0.15, 0.2) is 47.8 Å². The van der Waals surface area contributed by atoms with Gasteiger partial charge in [-0.25, -0.2) is 22.9 Å². The molecule has 144 valence electrons. The predicted octanol–water partition coefficient (Wildman–Crippen LogP) is 4.60. The summed E-state index contributed by atoms with van der Waals surface area (Å²) in [5.74, 6) is -4.11. The number of esters is 1. The molecule has 0 saturated heterocycles. The number of halogens is 3. The van der Waals surface area contributed by atoms with Crippen LogP contribution < -0.4 is 4.90 Å². The quantitative estimate of drug-likeness (QED) is 0.581. The summed E-state index contributed by atoms with van der Waals surface area (Å²) in [7, 11) is 0. The minimum Gasteiger partial charge on any atom is -0.456 e. The first-order chi connectivity index (χ1) is 13.4. The summed E-state index contributed by atoms with van der Waals surface area (Å²) in [6, 6.07) is 8.42. The first-order valence-electron chi connectivity index (χ1n) is 7.98. The van der Waals surface area contributed by atoms with Gasteiger partial charge in [0.05, 0.1) is 16.9 Å². The zero-order valence-electron chi connectivity index (χ0n) is 14.5. The van der Waals surface area contributed by atoms with Gasteiger partial charge in [-0.05, 0) is 30.3 Å². The van der Waals surface area contributed by atoms with Gasteiger partial charge in [0.25, 0.3) is 0 Å². The number of hydrogen-bond acceptors (Lipinski definition) is 5. The largest absolute Gasteiger partial charge is 0.456 e. The van der Waals surface area contributed by atoms with Crippen molar-refractivity contribution in [2.45, 2.75) is 13.5 Å². The Morgan fingerprint density at radius 3 is 2.50 bits per heavy atom. The normalized spacial score (nSPS) is 10.6. The van der Waals surface area contributed by atoms with Gasteiger partial charge in [-0.2, -0.15) is 0 Å². The fourth-order valence-corrected chi connectivity index (χ4v) is 3.22. The topological polar surface area (TPSA) is 59.5 Å². The number of amides is 1. The minimum atomic E-state index is -1.16. The third-order valence-electron chi connectivity index (χ3n) is 3.65. The van der Waals surface area contributed by atoms with E-state index in [1.165, 1.54) is 25.1 Å². The first-order valence-corrected chi connectivity index (χ1v) is 8.86. The number of ether oxygens (including phenoxy) is 1. The molecule has 1 aromatic heterocycles. The van der Waals surface area contributed by atoms with Crippen molar-refractivity contribution in [2.24, 2.45) is 0 Å². The van der Waals surface area contributed by atoms with Crippen LogP contribution in [-0.4, -0.2) is 16.9 Å². The molecular weight excluding hydrogens is 393 g/mol. The van der Waals surface area contributed by atoms with Crippen molar-refractivity contribution in [1.82, 2.24) is 4.98 Å². The van der Waals surface area contributed by atoms with Crippen molar-refractivity contribution in [3.63, 3.8) is 0 Å². The Bertz CT molecular complexity index is 1040. The smallest absolute Gasteiger partial charge is 0.338 e. The van der Waals surface area contributed by atoms with Crippen LogP contribution in [-0.2, 0) is 16.1 Å². The Hall–Kier alpha value is -3.20. The molecule has 0 unspecified atom stereocenters. The van der Waals surface area contributed by atoms with Gasteiger partial charge in [-0.1, -0.05) is 12.1 Å². The molecule has 1 amide bonds. The van der Waals surface area contributed by atoms with E-state index in [0.29, 0.717) is 5.69 Å². The second-order valence-corrected chi connectivity index (χ2v) is 6.47. The highest BCUT2D eigenvalue weighted by Gasteiger charge is 2.21. The molecule has 0 aliphatic rings. The maximum atomic E-state index is 14.1. The molecule has 5 nitrogen and oxygen atoms in total. The van der Waals surface area contributed by atoms with E-state index in [9.17, 15) is 22.8 Å². The summed E-state index contributed by atoms with van der Waals surface area (Å²) >= 11 is 1.07. The Kier molecular flexibility index (Phi) is 5.74. The standard InChI is InChI=1S/C19H13F3N2O3S/c1-11(25)24(17-5-3-2-4-15(17)21)19-23-13(10-28-19)9-27-18(26)12-6-7-14(20)16(22)8-12/h2-8,10H,9H2,1H3. The van der Waals surface area contributed by atoms with E-state index in [4.69, 9.17) is 4.74 Å². The molecule has 1 heterocycles. The van der Waals surface area contributed by atoms with Gasteiger partial charge in [-0.3, -0.25) is 9.69 Å². The Morgan fingerprint density at radius 2 is 1.82 bits per heavy atom. The number of hydrogen-bond donors (Lipinski definition) is 0. The molecule has 0 aliphatic heterocycles. The van der Waals surface area contributed by atoms with Gasteiger partial charge in [-0.15, -0.1) is 11.3 Å². The molecule has 3 rings (SSSR count). The summed E-state index contributed by atoms with van der Waals surface area (Å²) in [5.41, 5.74) is 0.222. The van der Waals surface area contributed by atoms with Gasteiger partial charge in [0.2, 0.25) is 5.91 Å². The number of carbonyl (C=O) groups is 2. The fourth-order valence-electron chi connectivity index (χ4n) is 2.35. The number of aromatic nitrogens is 1. The van der Waals surface area contributed by atoms with Gasteiger partial charge in [0, 0.05) is 12.3 Å². The van der Waals surface area contributed by atoms with Crippen LogP contribution in [0.5, 0.6) is 0 Å². The summed E-state index contributed by atoms with van der Waals surface area (Å²) in [6.45, 7) is 1.02. The average molecular weight is 406 g/mol. The molecule has 0 N–H and O–H groups in total. The van der Waals surface area contributed by atoms with Crippen LogP contribution in [0, 0.1) is 17.5 Å². The number of benzene rings is 2. The van der Waals surface area contributed by atoms with Crippen LogP contribution >= 0.6 is 11.3 Å². The third kappa shape index (κ3) is 4.20. The molecule has 3 aromatic rings. The highest BCUT2D eigenvalue weighted by atomic mass is 32.1. The molecule has 0 spiro atoms. The maximum absolute atomic E-state index is 14.1.